The highest BCUT2D eigenvalue weighted by atomic mass is 127. The number of guanidine groups is 1. The van der Waals surface area contributed by atoms with E-state index in [9.17, 15) is 0 Å². The number of hydrogen-bond acceptors (Lipinski definition) is 3. The van der Waals surface area contributed by atoms with Gasteiger partial charge in [-0.2, -0.15) is 0 Å². The second-order valence-corrected chi connectivity index (χ2v) is 6.26. The molecule has 0 fully saturated rings. The van der Waals surface area contributed by atoms with E-state index in [-0.39, 0.29) is 29.4 Å². The molecular formula is C19H31IN6. The van der Waals surface area contributed by atoms with Crippen molar-refractivity contribution in [3.05, 3.63) is 48.0 Å². The van der Waals surface area contributed by atoms with E-state index in [2.05, 4.69) is 76.9 Å². The monoisotopic (exact) mass is 470 g/mol. The van der Waals surface area contributed by atoms with Crippen LogP contribution < -0.4 is 10.6 Å². The molecule has 2 N–H and O–H groups in total. The summed E-state index contributed by atoms with van der Waals surface area (Å²) in [4.78, 5) is 4.65. The van der Waals surface area contributed by atoms with Crippen LogP contribution >= 0.6 is 24.0 Å². The predicted molar refractivity (Wildman–Crippen MR) is 118 cm³/mol. The summed E-state index contributed by atoms with van der Waals surface area (Å²) in [6.07, 6.45) is 3.84. The lowest BCUT2D eigenvalue weighted by molar-refractivity contribution is 0.389. The molecule has 1 heterocycles. The van der Waals surface area contributed by atoms with Crippen molar-refractivity contribution in [3.8, 4) is 0 Å². The molecule has 0 saturated carbocycles. The van der Waals surface area contributed by atoms with Gasteiger partial charge in [-0.3, -0.25) is 0 Å². The molecule has 1 aromatic carbocycles. The number of aromatic nitrogens is 3. The van der Waals surface area contributed by atoms with Gasteiger partial charge in [-0.1, -0.05) is 44.2 Å². The first-order valence-electron chi connectivity index (χ1n) is 9.05. The number of rotatable bonds is 8. The van der Waals surface area contributed by atoms with Crippen molar-refractivity contribution in [3.63, 3.8) is 0 Å². The summed E-state index contributed by atoms with van der Waals surface area (Å²) < 4.78 is 1.89. The molecule has 0 unspecified atom stereocenters. The molecule has 0 radical (unpaired) electrons. The Kier molecular flexibility index (Phi) is 9.61. The SMILES string of the molecule is CCNC(=NCc1nncn1C)NCC(CC)(CC)c1ccccc1.I. The number of halogens is 1. The summed E-state index contributed by atoms with van der Waals surface area (Å²) in [5.74, 6) is 1.66. The summed E-state index contributed by atoms with van der Waals surface area (Å²) in [7, 11) is 1.93. The normalized spacial score (nSPS) is 11.8. The molecule has 0 aliphatic rings. The molecule has 0 saturated heterocycles. The number of hydrogen-bond donors (Lipinski definition) is 2. The Morgan fingerprint density at radius 1 is 1.12 bits per heavy atom. The smallest absolute Gasteiger partial charge is 0.191 e. The molecular weight excluding hydrogens is 439 g/mol. The number of aliphatic imine (C=N–C) groups is 1. The first kappa shape index (κ1) is 22.4. The fourth-order valence-electron chi connectivity index (χ4n) is 3.00. The topological polar surface area (TPSA) is 67.1 Å². The summed E-state index contributed by atoms with van der Waals surface area (Å²) in [5, 5.41) is 14.8. The lowest BCUT2D eigenvalue weighted by Crippen LogP contribution is -2.45. The van der Waals surface area contributed by atoms with Gasteiger partial charge in [0.05, 0.1) is 0 Å². The number of nitrogens with zero attached hydrogens (tertiary/aromatic N) is 4. The molecule has 6 nitrogen and oxygen atoms in total. The van der Waals surface area contributed by atoms with Gasteiger partial charge in [0.15, 0.2) is 11.8 Å². The standard InChI is InChI=1S/C19H30N6.HI/c1-5-19(6-2,16-11-9-8-10-12-16)14-22-18(20-7-3)21-13-17-24-23-15-25(17)4;/h8-12,15H,5-7,13-14H2,1-4H3,(H2,20,21,22);1H. The summed E-state index contributed by atoms with van der Waals surface area (Å²) in [6.45, 7) is 8.74. The molecule has 1 aromatic heterocycles. The van der Waals surface area contributed by atoms with E-state index >= 15 is 0 Å². The third-order valence-electron chi connectivity index (χ3n) is 4.86. The van der Waals surface area contributed by atoms with Crippen LogP contribution in [-0.4, -0.2) is 33.8 Å². The fourth-order valence-corrected chi connectivity index (χ4v) is 3.00. The fraction of sp³-hybridized carbons (Fsp3) is 0.526. The molecule has 0 aliphatic heterocycles. The first-order chi connectivity index (χ1) is 12.1. The van der Waals surface area contributed by atoms with Crippen LogP contribution in [-0.2, 0) is 19.0 Å². The van der Waals surface area contributed by atoms with E-state index in [4.69, 9.17) is 0 Å². The Labute approximate surface area is 173 Å². The van der Waals surface area contributed by atoms with Crippen molar-refractivity contribution in [1.82, 2.24) is 25.4 Å². The van der Waals surface area contributed by atoms with Gasteiger partial charge in [0.1, 0.15) is 12.9 Å². The second kappa shape index (κ2) is 11.2. The largest absolute Gasteiger partial charge is 0.357 e. The van der Waals surface area contributed by atoms with E-state index in [1.165, 1.54) is 5.56 Å². The van der Waals surface area contributed by atoms with Crippen LogP contribution in [0.5, 0.6) is 0 Å². The van der Waals surface area contributed by atoms with Gasteiger partial charge in [0.2, 0.25) is 0 Å². The van der Waals surface area contributed by atoms with Crippen LogP contribution in [0.1, 0.15) is 45.0 Å². The third-order valence-corrected chi connectivity index (χ3v) is 4.86. The van der Waals surface area contributed by atoms with Gasteiger partial charge in [-0.05, 0) is 25.3 Å². The van der Waals surface area contributed by atoms with Crippen LogP contribution in [0.2, 0.25) is 0 Å². The van der Waals surface area contributed by atoms with E-state index < -0.39 is 0 Å². The van der Waals surface area contributed by atoms with Crippen LogP contribution in [0.3, 0.4) is 0 Å². The summed E-state index contributed by atoms with van der Waals surface area (Å²) in [6, 6.07) is 10.7. The van der Waals surface area contributed by atoms with Crippen molar-refractivity contribution in [2.45, 2.75) is 45.6 Å². The molecule has 0 spiro atoms. The molecule has 0 atom stereocenters. The molecule has 26 heavy (non-hydrogen) atoms. The van der Waals surface area contributed by atoms with Gasteiger partial charge in [0.25, 0.3) is 0 Å². The molecule has 2 rings (SSSR count). The van der Waals surface area contributed by atoms with Crippen molar-refractivity contribution in [1.29, 1.82) is 0 Å². The van der Waals surface area contributed by atoms with Crippen LogP contribution in [0.15, 0.2) is 41.7 Å². The van der Waals surface area contributed by atoms with Gasteiger partial charge < -0.3 is 15.2 Å². The molecule has 0 bridgehead atoms. The number of aryl methyl sites for hydroxylation is 1. The zero-order chi connectivity index (χ0) is 18.1. The summed E-state index contributed by atoms with van der Waals surface area (Å²) >= 11 is 0. The van der Waals surface area contributed by atoms with Crippen molar-refractivity contribution >= 4 is 29.9 Å². The van der Waals surface area contributed by atoms with Gasteiger partial charge >= 0.3 is 0 Å². The molecule has 7 heteroatoms. The number of benzene rings is 1. The van der Waals surface area contributed by atoms with Crippen molar-refractivity contribution in [2.75, 3.05) is 13.1 Å². The zero-order valence-electron chi connectivity index (χ0n) is 16.2. The lowest BCUT2D eigenvalue weighted by atomic mass is 9.76. The minimum atomic E-state index is 0. The Bertz CT molecular complexity index is 664. The highest BCUT2D eigenvalue weighted by Gasteiger charge is 2.28. The average molecular weight is 470 g/mol. The quantitative estimate of drug-likeness (QED) is 0.353. The van der Waals surface area contributed by atoms with Gasteiger partial charge in [-0.25, -0.2) is 4.99 Å². The van der Waals surface area contributed by atoms with E-state index in [1.54, 1.807) is 6.33 Å². The van der Waals surface area contributed by atoms with Crippen molar-refractivity contribution < 1.29 is 0 Å². The van der Waals surface area contributed by atoms with E-state index in [0.717, 1.165) is 37.7 Å². The Morgan fingerprint density at radius 3 is 2.35 bits per heavy atom. The minimum absolute atomic E-state index is 0. The maximum Gasteiger partial charge on any atom is 0.191 e. The maximum absolute atomic E-state index is 4.65. The van der Waals surface area contributed by atoms with E-state index in [0.29, 0.717) is 6.54 Å². The average Bonchev–Trinajstić information content (AvgIpc) is 3.06. The van der Waals surface area contributed by atoms with Crippen LogP contribution in [0, 0.1) is 0 Å². The van der Waals surface area contributed by atoms with Crippen LogP contribution in [0.4, 0.5) is 0 Å². The van der Waals surface area contributed by atoms with Gasteiger partial charge in [0, 0.05) is 25.6 Å². The molecule has 0 aliphatic carbocycles. The van der Waals surface area contributed by atoms with Crippen LogP contribution in [0.25, 0.3) is 0 Å². The second-order valence-electron chi connectivity index (χ2n) is 6.26. The zero-order valence-corrected chi connectivity index (χ0v) is 18.5. The van der Waals surface area contributed by atoms with E-state index in [1.807, 2.05) is 11.6 Å². The molecule has 2 aromatic rings. The molecule has 144 valence electrons. The first-order valence-corrected chi connectivity index (χ1v) is 9.05. The Balaban J connectivity index is 0.00000338. The highest BCUT2D eigenvalue weighted by molar-refractivity contribution is 14.0. The van der Waals surface area contributed by atoms with Crippen molar-refractivity contribution in [2.24, 2.45) is 12.0 Å². The highest BCUT2D eigenvalue weighted by Crippen LogP contribution is 2.30. The predicted octanol–water partition coefficient (Wildman–Crippen LogP) is 3.25. The Morgan fingerprint density at radius 2 is 1.81 bits per heavy atom. The maximum atomic E-state index is 4.65. The number of nitrogens with one attached hydrogen (secondary N) is 2. The lowest BCUT2D eigenvalue weighted by Gasteiger charge is -2.33. The van der Waals surface area contributed by atoms with Gasteiger partial charge in [-0.15, -0.1) is 34.2 Å². The Hall–Kier alpha value is -1.64. The molecule has 0 amide bonds. The summed E-state index contributed by atoms with van der Waals surface area (Å²) in [5.41, 5.74) is 1.47. The third kappa shape index (κ3) is 5.69. The minimum Gasteiger partial charge on any atom is -0.357 e.